The third-order valence-corrected chi connectivity index (χ3v) is 26.8. The molecule has 9 rings (SSSR count). The predicted octanol–water partition coefficient (Wildman–Crippen LogP) is 6.03. The van der Waals surface area contributed by atoms with Gasteiger partial charge in [0.25, 0.3) is 0 Å². The zero-order chi connectivity index (χ0) is 89.8. The zero-order valence-electron chi connectivity index (χ0n) is 74.4. The molecule has 694 valence electrons. The first-order chi connectivity index (χ1) is 55.5. The van der Waals surface area contributed by atoms with Gasteiger partial charge in [-0.25, -0.2) is 4.79 Å². The maximum atomic E-state index is 14.4. The van der Waals surface area contributed by atoms with Crippen molar-refractivity contribution >= 4 is 92.6 Å². The summed E-state index contributed by atoms with van der Waals surface area (Å²) in [6.07, 6.45) is -15.2. The summed E-state index contributed by atoms with van der Waals surface area (Å²) in [5.41, 5.74) is -8.81. The summed E-state index contributed by atoms with van der Waals surface area (Å²) in [6, 6.07) is 7.39. The zero-order valence-corrected chi connectivity index (χ0v) is 85.2. The molecule has 119 heavy (non-hydrogen) atoms. The number of esters is 2. The molecule has 36 atom stereocenters. The van der Waals surface area contributed by atoms with E-state index >= 15 is 0 Å². The molecule has 2 spiro atoms. The van der Waals surface area contributed by atoms with Crippen LogP contribution in [-0.4, -0.2) is 310 Å². The van der Waals surface area contributed by atoms with Gasteiger partial charge in [-0.1, -0.05) is 85.7 Å². The van der Waals surface area contributed by atoms with Gasteiger partial charge in [0, 0.05) is 90.9 Å². The van der Waals surface area contributed by atoms with Gasteiger partial charge in [0.1, 0.15) is 59.5 Å². The van der Waals surface area contributed by atoms with Crippen LogP contribution in [0.4, 0.5) is 4.79 Å². The second-order valence-electron chi connectivity index (χ2n) is 37.3. The fourth-order valence-corrected chi connectivity index (χ4v) is 19.2. The summed E-state index contributed by atoms with van der Waals surface area (Å²) in [5.74, 6) is -5.35. The van der Waals surface area contributed by atoms with Crippen LogP contribution in [-0.2, 0) is 82.5 Å². The standard InChI is InChI=1S/C46H76N2O14.C38H70N2O12.I3.I2/c1-13-34-45(10,54)38(50)30(6)47-22-26(2)20-44(9,53)39(28(4)36(29(5)40(51)59-34)60-35-21-43(8,24-49)46(25-56-46)31(7)58-35)62-41-37(33(48(11)12)19-27(3)57-41)61-42(52)55-23-32-17-15-14-16-18-32;1-13-27-37(10,46)31(43)24(6)39-17-20(2)15-36(9,45)32(52-34-29(42)26(40(11)12)14-21(3)48-34)22(4)30(23(5)33(44)50-27)51-28-16-35(8,18-41)38(19-47-38)25(7)49-28;1-3-2;1-2/h14-18,26-31,33-39,41,47,49-50,53-54H,13,19-25H2,1-12H3;20-32,34,39,41-43,45-46H,13-19H2,1-12H3;;/q;;-1;/t26-,27-,28+,29-,30-,31+,33+,34-,35+,36+,37-,38-,39-,41+,43+,44+,45-,46+;20-,21-,22+,23-,24-,25+,26+,27-,28+,29-,30+,31-,32-,34+,35+,36+,37-,38+;;/m11../s1. The van der Waals surface area contributed by atoms with Crippen molar-refractivity contribution in [2.45, 2.75) is 365 Å². The van der Waals surface area contributed by atoms with E-state index in [1.807, 2.05) is 138 Å². The van der Waals surface area contributed by atoms with E-state index in [0.29, 0.717) is 52.4 Å². The van der Waals surface area contributed by atoms with Gasteiger partial charge in [0.05, 0.1) is 104 Å². The first kappa shape index (κ1) is 108. The van der Waals surface area contributed by atoms with E-state index in [-0.39, 0.29) is 94.5 Å². The van der Waals surface area contributed by atoms with Crippen molar-refractivity contribution in [2.75, 3.05) is 67.7 Å². The number of hydrogen-bond donors (Lipinski definition) is 11. The van der Waals surface area contributed by atoms with E-state index in [4.69, 9.17) is 66.3 Å². The molecule has 11 N–H and O–H groups in total. The SMILES string of the molecule is CC[C@H]1OC(=O)[C@H](C)[C@@H](O[C@H]2C[C@@](C)(CO)[C@]3(CO3)[C@H](C)O2)[C@H](C)[C@@H](O[C@@H]2O[C@H](C)C[C@H](N(C)C)[C@H]2O)[C@@](C)(O)C[C@@H](C)CN[C@H](C)[C@@H](O)[C@]1(C)O.CC[C@H]1OC(=O)[C@H](C)[C@@H](O[C@H]2C[C@@](C)(CO)[C@]3(CO3)[C@H](C)O2)[C@H](C)[C@@H](O[C@@H]2O[C@H](C)C[C@H](N(C)C)[C@H]2OC(=O)OCc2ccccc2)[C@@](C)(O)C[C@@H](C)CN[C@H](C)[C@@H](O)[C@]1(C)O.II.I[I-]I. The summed E-state index contributed by atoms with van der Waals surface area (Å²) in [4.78, 5) is 45.9. The van der Waals surface area contributed by atoms with Crippen molar-refractivity contribution in [1.29, 1.82) is 0 Å². The van der Waals surface area contributed by atoms with Gasteiger partial charge in [-0.15, -0.1) is 0 Å². The van der Waals surface area contributed by atoms with Crippen LogP contribution in [0.5, 0.6) is 0 Å². The van der Waals surface area contributed by atoms with Crippen LogP contribution in [0, 0.1) is 46.3 Å². The minimum atomic E-state index is -1.84. The van der Waals surface area contributed by atoms with Gasteiger partial charge in [-0.3, -0.25) is 9.59 Å². The summed E-state index contributed by atoms with van der Waals surface area (Å²) in [6.45, 7) is 36.8. The fourth-order valence-electron chi connectivity index (χ4n) is 19.2. The Morgan fingerprint density at radius 1 is 0.555 bits per heavy atom. The van der Waals surface area contributed by atoms with Crippen LogP contribution in [0.1, 0.15) is 195 Å². The molecule has 8 heterocycles. The maximum absolute atomic E-state index is 14.4. The molecular formula is C84H146I5N4O26-. The van der Waals surface area contributed by atoms with Crippen molar-refractivity contribution in [3.8, 4) is 0 Å². The number of nitrogens with zero attached hydrogens (tertiary/aromatic N) is 2. The van der Waals surface area contributed by atoms with E-state index < -0.39 is 197 Å². The number of aliphatic hydroxyl groups excluding tert-OH is 5. The second kappa shape index (κ2) is 46.3. The molecule has 8 aliphatic rings. The number of aliphatic hydroxyl groups is 9. The van der Waals surface area contributed by atoms with E-state index in [2.05, 4.69) is 85.1 Å². The third kappa shape index (κ3) is 26.5. The quantitative estimate of drug-likeness (QED) is 0.0367. The summed E-state index contributed by atoms with van der Waals surface area (Å²) < 4.78 is 88.4. The Morgan fingerprint density at radius 3 is 1.29 bits per heavy atom. The average Bonchev–Trinajstić information content (AvgIpc) is 1.56. The number of epoxide rings is 2. The Bertz CT molecular complexity index is 3250. The number of hydrogen-bond acceptors (Lipinski definition) is 30. The molecule has 0 amide bonds. The normalized spacial score (nSPS) is 46.1. The van der Waals surface area contributed by atoms with Crippen LogP contribution in [0.15, 0.2) is 30.3 Å². The number of cyclic esters (lactones) is 2. The molecule has 8 fully saturated rings. The molecule has 1 aromatic carbocycles. The van der Waals surface area contributed by atoms with Gasteiger partial charge in [-0.2, -0.15) is 0 Å². The summed E-state index contributed by atoms with van der Waals surface area (Å²) >= 11 is 9.54. The first-order valence-electron chi connectivity index (χ1n) is 42.2. The molecule has 0 bridgehead atoms. The van der Waals surface area contributed by atoms with Crippen LogP contribution < -0.4 is 23.9 Å². The minimum absolute atomic E-state index is 0.0104. The number of nitrogens with one attached hydrogen (secondary N) is 2. The molecule has 0 aliphatic carbocycles. The molecule has 35 heteroatoms. The van der Waals surface area contributed by atoms with Gasteiger partial charge >= 0.3 is 68.6 Å². The molecule has 8 saturated heterocycles. The van der Waals surface area contributed by atoms with Gasteiger partial charge in [0.15, 0.2) is 31.3 Å². The van der Waals surface area contributed by atoms with Crippen LogP contribution >= 0.6 is 74.5 Å². The molecule has 8 aliphatic heterocycles. The van der Waals surface area contributed by atoms with E-state index in [1.54, 1.807) is 55.4 Å². The topological polar surface area (TPSA) is 400 Å². The Hall–Kier alpha value is 0.160. The molecule has 0 aromatic heterocycles. The second-order valence-corrected chi connectivity index (χ2v) is 53.5. The Kier molecular flexibility index (Phi) is 42.0. The number of halogens is 5. The molecule has 30 nitrogen and oxygen atoms in total. The average molecular weight is 2260 g/mol. The van der Waals surface area contributed by atoms with Crippen molar-refractivity contribution in [3.63, 3.8) is 0 Å². The molecule has 0 unspecified atom stereocenters. The number of carbonyl (C=O) groups excluding carboxylic acids is 3. The van der Waals surface area contributed by atoms with E-state index in [9.17, 15) is 60.3 Å². The number of rotatable bonds is 17. The van der Waals surface area contributed by atoms with Gasteiger partial charge < -0.3 is 133 Å². The van der Waals surface area contributed by atoms with E-state index in [1.165, 1.54) is 13.8 Å². The van der Waals surface area contributed by atoms with Crippen molar-refractivity contribution < 1.29 is 140 Å². The van der Waals surface area contributed by atoms with Crippen molar-refractivity contribution in [1.82, 2.24) is 20.4 Å². The van der Waals surface area contributed by atoms with Crippen LogP contribution in [0.2, 0.25) is 0 Å². The predicted molar refractivity (Wildman–Crippen MR) is 476 cm³/mol. The van der Waals surface area contributed by atoms with Gasteiger partial charge in [0.2, 0.25) is 0 Å². The molecule has 0 saturated carbocycles. The molecule has 0 radical (unpaired) electrons. The number of ether oxygens (including phenoxy) is 14. The molecule has 1 aromatic rings. The van der Waals surface area contributed by atoms with Gasteiger partial charge in [-0.05, 0) is 180 Å². The first-order valence-corrected chi connectivity index (χ1v) is 61.1. The Morgan fingerprint density at radius 2 is 0.924 bits per heavy atom. The monoisotopic (exact) mass is 2260 g/mol. The van der Waals surface area contributed by atoms with Crippen molar-refractivity contribution in [3.05, 3.63) is 35.9 Å². The summed E-state index contributed by atoms with van der Waals surface area (Å²) in [7, 11) is 7.53. The van der Waals surface area contributed by atoms with Crippen molar-refractivity contribution in [2.24, 2.45) is 46.3 Å². The fraction of sp³-hybridized carbons (Fsp3) is 0.893. The van der Waals surface area contributed by atoms with E-state index in [0.717, 1.165) is 5.56 Å². The third-order valence-electron chi connectivity index (χ3n) is 26.8. The van der Waals surface area contributed by atoms with Crippen LogP contribution in [0.3, 0.4) is 0 Å². The molecular weight excluding hydrogens is 2120 g/mol. The number of benzene rings is 1. The summed E-state index contributed by atoms with van der Waals surface area (Å²) in [5, 5.41) is 111. The Labute approximate surface area is 760 Å². The number of carbonyl (C=O) groups is 3. The van der Waals surface area contributed by atoms with Crippen LogP contribution in [0.25, 0.3) is 0 Å². The number of likely N-dealkylation sites (N-methyl/N-ethyl adjacent to an activating group) is 2. The Balaban J connectivity index is 0.000000355.